The van der Waals surface area contributed by atoms with E-state index in [-0.39, 0.29) is 6.03 Å². The minimum Gasteiger partial charge on any atom is -0.335 e. The molecule has 1 aliphatic carbocycles. The van der Waals surface area contributed by atoms with Gasteiger partial charge in [0.25, 0.3) is 0 Å². The zero-order valence-electron chi connectivity index (χ0n) is 16.0. The van der Waals surface area contributed by atoms with E-state index in [2.05, 4.69) is 65.4 Å². The number of aryl methyl sites for hydroxylation is 2. The molecule has 2 N–H and O–H groups in total. The Hall–Kier alpha value is -2.82. The van der Waals surface area contributed by atoms with Gasteiger partial charge >= 0.3 is 6.03 Å². The van der Waals surface area contributed by atoms with Gasteiger partial charge in [-0.2, -0.15) is 0 Å². The van der Waals surface area contributed by atoms with Crippen LogP contribution in [0.25, 0.3) is 16.9 Å². The summed E-state index contributed by atoms with van der Waals surface area (Å²) in [4.78, 5) is 17.2. The Balaban J connectivity index is 1.62. The largest absolute Gasteiger partial charge is 0.335 e. The molecule has 0 radical (unpaired) electrons. The SMILES string of the molecule is Cc1ccc(-c2nc3ccc(C)cn3c2CNC(=O)NC2CCCC2)cc1. The molecule has 4 rings (SSSR count). The highest BCUT2D eigenvalue weighted by Gasteiger charge is 2.18. The molecular weight excluding hydrogens is 336 g/mol. The Kier molecular flexibility index (Phi) is 4.84. The van der Waals surface area contributed by atoms with Crippen molar-refractivity contribution in [1.82, 2.24) is 20.0 Å². The highest BCUT2D eigenvalue weighted by Crippen LogP contribution is 2.25. The van der Waals surface area contributed by atoms with Gasteiger partial charge in [-0.05, 0) is 38.3 Å². The van der Waals surface area contributed by atoms with E-state index < -0.39 is 0 Å². The molecule has 1 aliphatic rings. The number of imidazole rings is 1. The number of nitrogens with zero attached hydrogens (tertiary/aromatic N) is 2. The van der Waals surface area contributed by atoms with Gasteiger partial charge in [-0.15, -0.1) is 0 Å². The van der Waals surface area contributed by atoms with Crippen molar-refractivity contribution >= 4 is 11.7 Å². The molecule has 5 nitrogen and oxygen atoms in total. The third-order valence-electron chi connectivity index (χ3n) is 5.30. The summed E-state index contributed by atoms with van der Waals surface area (Å²) >= 11 is 0. The number of aromatic nitrogens is 2. The summed E-state index contributed by atoms with van der Waals surface area (Å²) in [5.41, 5.74) is 6.25. The molecule has 0 unspecified atom stereocenters. The topological polar surface area (TPSA) is 58.4 Å². The molecule has 140 valence electrons. The number of benzene rings is 1. The maximum Gasteiger partial charge on any atom is 0.315 e. The molecule has 0 spiro atoms. The van der Waals surface area contributed by atoms with Crippen LogP contribution in [0.1, 0.15) is 42.5 Å². The number of fused-ring (bicyclic) bond motifs is 1. The maximum absolute atomic E-state index is 12.3. The molecule has 0 atom stereocenters. The van der Waals surface area contributed by atoms with Gasteiger partial charge < -0.3 is 15.0 Å². The van der Waals surface area contributed by atoms with E-state index in [1.165, 1.54) is 18.4 Å². The molecular formula is C22H26N4O. The van der Waals surface area contributed by atoms with Gasteiger partial charge in [-0.3, -0.25) is 0 Å². The highest BCUT2D eigenvalue weighted by molar-refractivity contribution is 5.75. The number of pyridine rings is 1. The molecule has 2 heterocycles. The van der Waals surface area contributed by atoms with Crippen molar-refractivity contribution < 1.29 is 4.79 Å². The Morgan fingerprint density at radius 1 is 1.07 bits per heavy atom. The Labute approximate surface area is 159 Å². The molecule has 5 heteroatoms. The molecule has 3 aromatic rings. The van der Waals surface area contributed by atoms with Crippen molar-refractivity contribution in [2.75, 3.05) is 0 Å². The molecule has 1 saturated carbocycles. The van der Waals surface area contributed by atoms with Crippen LogP contribution >= 0.6 is 0 Å². The first kappa shape index (κ1) is 17.6. The van der Waals surface area contributed by atoms with Crippen molar-refractivity contribution in [2.45, 2.75) is 52.1 Å². The molecule has 27 heavy (non-hydrogen) atoms. The summed E-state index contributed by atoms with van der Waals surface area (Å²) in [5.74, 6) is 0. The third-order valence-corrected chi connectivity index (χ3v) is 5.30. The van der Waals surface area contributed by atoms with Crippen LogP contribution in [0.2, 0.25) is 0 Å². The summed E-state index contributed by atoms with van der Waals surface area (Å²) in [6, 6.07) is 12.7. The predicted octanol–water partition coefficient (Wildman–Crippen LogP) is 4.36. The van der Waals surface area contributed by atoms with Gasteiger partial charge in [0.05, 0.1) is 17.9 Å². The van der Waals surface area contributed by atoms with Crippen LogP contribution in [0.3, 0.4) is 0 Å². The molecule has 1 aromatic carbocycles. The zero-order valence-corrected chi connectivity index (χ0v) is 16.0. The number of nitrogens with one attached hydrogen (secondary N) is 2. The van der Waals surface area contributed by atoms with E-state index in [0.29, 0.717) is 12.6 Å². The standard InChI is InChI=1S/C22H26N4O/c1-15-7-10-17(11-8-15)21-19(26-14-16(2)9-12-20(26)25-21)13-23-22(27)24-18-5-3-4-6-18/h7-12,14,18H,3-6,13H2,1-2H3,(H2,23,24,27). The summed E-state index contributed by atoms with van der Waals surface area (Å²) in [6.07, 6.45) is 6.64. The first-order valence-electron chi connectivity index (χ1n) is 9.69. The lowest BCUT2D eigenvalue weighted by Crippen LogP contribution is -2.40. The van der Waals surface area contributed by atoms with Gasteiger partial charge in [-0.25, -0.2) is 9.78 Å². The average molecular weight is 362 g/mol. The van der Waals surface area contributed by atoms with E-state index in [1.807, 2.05) is 6.07 Å². The molecule has 0 aliphatic heterocycles. The van der Waals surface area contributed by atoms with Crippen molar-refractivity contribution in [2.24, 2.45) is 0 Å². The normalized spacial score (nSPS) is 14.6. The average Bonchev–Trinajstić information content (AvgIpc) is 3.28. The van der Waals surface area contributed by atoms with Crippen molar-refractivity contribution in [3.8, 4) is 11.3 Å². The smallest absolute Gasteiger partial charge is 0.315 e. The molecule has 1 fully saturated rings. The lowest BCUT2D eigenvalue weighted by atomic mass is 10.1. The number of carbonyl (C=O) groups excluding carboxylic acids is 1. The second-order valence-corrected chi connectivity index (χ2v) is 7.52. The minimum absolute atomic E-state index is 0.0978. The molecule has 2 amide bonds. The fraction of sp³-hybridized carbons (Fsp3) is 0.364. The second kappa shape index (κ2) is 7.43. The van der Waals surface area contributed by atoms with Crippen LogP contribution < -0.4 is 10.6 Å². The lowest BCUT2D eigenvalue weighted by Gasteiger charge is -2.13. The summed E-state index contributed by atoms with van der Waals surface area (Å²) in [7, 11) is 0. The highest BCUT2D eigenvalue weighted by atomic mass is 16.2. The van der Waals surface area contributed by atoms with Crippen molar-refractivity contribution in [3.05, 3.63) is 59.4 Å². The van der Waals surface area contributed by atoms with Crippen LogP contribution in [0, 0.1) is 13.8 Å². The summed E-state index contributed by atoms with van der Waals surface area (Å²) in [5, 5.41) is 6.12. The number of amides is 2. The number of rotatable bonds is 4. The van der Waals surface area contributed by atoms with E-state index in [1.54, 1.807) is 0 Å². The van der Waals surface area contributed by atoms with Gasteiger partial charge in [0.2, 0.25) is 0 Å². The van der Waals surface area contributed by atoms with Gasteiger partial charge in [0.1, 0.15) is 5.65 Å². The predicted molar refractivity (Wildman–Crippen MR) is 108 cm³/mol. The minimum atomic E-state index is -0.0978. The number of carbonyl (C=O) groups is 1. The zero-order chi connectivity index (χ0) is 18.8. The fourth-order valence-corrected chi connectivity index (χ4v) is 3.78. The van der Waals surface area contributed by atoms with Crippen LogP contribution in [0.15, 0.2) is 42.6 Å². The van der Waals surface area contributed by atoms with Gasteiger partial charge in [0, 0.05) is 17.8 Å². The lowest BCUT2D eigenvalue weighted by molar-refractivity contribution is 0.236. The summed E-state index contributed by atoms with van der Waals surface area (Å²) < 4.78 is 2.08. The Morgan fingerprint density at radius 3 is 2.52 bits per heavy atom. The molecule has 2 aromatic heterocycles. The van der Waals surface area contributed by atoms with Gasteiger partial charge in [-0.1, -0.05) is 48.7 Å². The van der Waals surface area contributed by atoms with Crippen molar-refractivity contribution in [3.63, 3.8) is 0 Å². The first-order chi connectivity index (χ1) is 13.1. The summed E-state index contributed by atoms with van der Waals surface area (Å²) in [6.45, 7) is 4.58. The van der Waals surface area contributed by atoms with Gasteiger partial charge in [0.15, 0.2) is 0 Å². The third kappa shape index (κ3) is 3.82. The van der Waals surface area contributed by atoms with E-state index in [9.17, 15) is 4.79 Å². The van der Waals surface area contributed by atoms with Crippen molar-refractivity contribution in [1.29, 1.82) is 0 Å². The van der Waals surface area contributed by atoms with Crippen LogP contribution in [0.4, 0.5) is 4.79 Å². The van der Waals surface area contributed by atoms with Crippen LogP contribution in [-0.2, 0) is 6.54 Å². The molecule has 0 bridgehead atoms. The van der Waals surface area contributed by atoms with E-state index in [0.717, 1.165) is 41.0 Å². The number of urea groups is 1. The number of hydrogen-bond donors (Lipinski definition) is 2. The van der Waals surface area contributed by atoms with E-state index >= 15 is 0 Å². The fourth-order valence-electron chi connectivity index (χ4n) is 3.78. The first-order valence-corrected chi connectivity index (χ1v) is 9.69. The monoisotopic (exact) mass is 362 g/mol. The Morgan fingerprint density at radius 2 is 1.78 bits per heavy atom. The van der Waals surface area contributed by atoms with Crippen LogP contribution in [-0.4, -0.2) is 21.5 Å². The second-order valence-electron chi connectivity index (χ2n) is 7.52. The van der Waals surface area contributed by atoms with E-state index in [4.69, 9.17) is 4.98 Å². The van der Waals surface area contributed by atoms with Crippen LogP contribution in [0.5, 0.6) is 0 Å². The quantitative estimate of drug-likeness (QED) is 0.724. The molecule has 0 saturated heterocycles. The Bertz CT molecular complexity index is 952. The maximum atomic E-state index is 12.3. The number of hydrogen-bond acceptors (Lipinski definition) is 2.